The van der Waals surface area contributed by atoms with Gasteiger partial charge in [0.15, 0.2) is 0 Å². The molecule has 5 heteroatoms. The minimum atomic E-state index is -1.15. The summed E-state index contributed by atoms with van der Waals surface area (Å²) in [6.07, 6.45) is 1.95. The molecule has 0 heterocycles. The van der Waals surface area contributed by atoms with E-state index in [-0.39, 0.29) is 35.5 Å². The van der Waals surface area contributed by atoms with Gasteiger partial charge in [-0.1, -0.05) is 43.6 Å². The van der Waals surface area contributed by atoms with Gasteiger partial charge in [-0.15, -0.1) is 0 Å². The number of hydrogen-bond donors (Lipinski definition) is 0. The van der Waals surface area contributed by atoms with E-state index in [0.717, 1.165) is 0 Å². The van der Waals surface area contributed by atoms with Gasteiger partial charge in [0.2, 0.25) is 0 Å². The van der Waals surface area contributed by atoms with Crippen molar-refractivity contribution in [3.63, 3.8) is 0 Å². The van der Waals surface area contributed by atoms with Crippen LogP contribution >= 0.6 is 11.6 Å². The Hall–Kier alpha value is -0.350. The van der Waals surface area contributed by atoms with E-state index in [4.69, 9.17) is 11.6 Å². The van der Waals surface area contributed by atoms with E-state index in [1.165, 1.54) is 6.21 Å². The van der Waals surface area contributed by atoms with Crippen LogP contribution in [-0.2, 0) is 4.79 Å². The molecule has 0 saturated carbocycles. The summed E-state index contributed by atoms with van der Waals surface area (Å²) < 4.78 is 0. The third-order valence-corrected chi connectivity index (χ3v) is 2.61. The number of aliphatic imine (C=N–C) groups is 1. The minimum absolute atomic E-state index is 0. The Morgan fingerprint density at radius 2 is 2.06 bits per heavy atom. The fourth-order valence-electron chi connectivity index (χ4n) is 1.41. The molecular weight excluding hydrogens is 261 g/mol. The van der Waals surface area contributed by atoms with Crippen LogP contribution < -0.4 is 34.7 Å². The standard InChI is InChI=1S/C13H16ClNO2.Na/c1-9(2)7-12(13(16)17)15-8-10-5-3-4-6-11(10)14;/h3-6,8-9,12H,7H2,1-2H3,(H,16,17);/q;+1/p-1. The molecule has 0 N–H and O–H groups in total. The number of aliphatic carboxylic acids is 1. The molecule has 0 spiro atoms. The van der Waals surface area contributed by atoms with Gasteiger partial charge in [-0.05, 0) is 18.4 Å². The zero-order chi connectivity index (χ0) is 12.8. The van der Waals surface area contributed by atoms with E-state index in [2.05, 4.69) is 4.99 Å². The second-order valence-corrected chi connectivity index (χ2v) is 4.67. The van der Waals surface area contributed by atoms with E-state index in [1.54, 1.807) is 12.1 Å². The van der Waals surface area contributed by atoms with Crippen molar-refractivity contribution in [2.45, 2.75) is 26.3 Å². The molecule has 0 aliphatic carbocycles. The molecule has 18 heavy (non-hydrogen) atoms. The molecule has 1 unspecified atom stereocenters. The van der Waals surface area contributed by atoms with Crippen molar-refractivity contribution < 1.29 is 39.5 Å². The Labute approximate surface area is 135 Å². The second-order valence-electron chi connectivity index (χ2n) is 4.26. The Balaban J connectivity index is 0.00000289. The van der Waals surface area contributed by atoms with Gasteiger partial charge in [-0.2, -0.15) is 0 Å². The number of halogens is 1. The summed E-state index contributed by atoms with van der Waals surface area (Å²) in [5.41, 5.74) is 0.712. The van der Waals surface area contributed by atoms with Crippen molar-refractivity contribution in [1.82, 2.24) is 0 Å². The number of carboxylic acid groups (broad SMARTS) is 1. The molecule has 0 radical (unpaired) electrons. The van der Waals surface area contributed by atoms with Crippen molar-refractivity contribution in [3.05, 3.63) is 34.9 Å². The fourth-order valence-corrected chi connectivity index (χ4v) is 1.60. The van der Waals surface area contributed by atoms with Crippen LogP contribution in [0.15, 0.2) is 29.3 Å². The first-order chi connectivity index (χ1) is 8.00. The fraction of sp³-hybridized carbons (Fsp3) is 0.385. The molecule has 0 aliphatic heterocycles. The molecule has 0 aliphatic rings. The van der Waals surface area contributed by atoms with Crippen LogP contribution in [0.5, 0.6) is 0 Å². The molecule has 0 saturated heterocycles. The van der Waals surface area contributed by atoms with Gasteiger partial charge in [0.05, 0.1) is 12.0 Å². The summed E-state index contributed by atoms with van der Waals surface area (Å²) in [5.74, 6) is -0.900. The molecule has 0 bridgehead atoms. The first-order valence-electron chi connectivity index (χ1n) is 5.49. The van der Waals surface area contributed by atoms with Gasteiger partial charge < -0.3 is 9.90 Å². The van der Waals surface area contributed by atoms with Crippen molar-refractivity contribution in [3.8, 4) is 0 Å². The maximum Gasteiger partial charge on any atom is 1.00 e. The van der Waals surface area contributed by atoms with Crippen LogP contribution in [0.4, 0.5) is 0 Å². The summed E-state index contributed by atoms with van der Waals surface area (Å²) >= 11 is 5.94. The predicted octanol–water partition coefficient (Wildman–Crippen LogP) is -1.07. The Kier molecular flexibility index (Phi) is 8.53. The first kappa shape index (κ1) is 17.6. The van der Waals surface area contributed by atoms with Crippen LogP contribution in [0.3, 0.4) is 0 Å². The SMILES string of the molecule is CC(C)CC(N=Cc1ccccc1Cl)C(=O)[O-].[Na+]. The number of carbonyl (C=O) groups excluding carboxylic acids is 1. The minimum Gasteiger partial charge on any atom is -0.548 e. The summed E-state index contributed by atoms with van der Waals surface area (Å²) in [4.78, 5) is 14.9. The molecule has 1 aromatic rings. The number of benzene rings is 1. The molecule has 1 rings (SSSR count). The van der Waals surface area contributed by atoms with Crippen LogP contribution in [0.25, 0.3) is 0 Å². The molecule has 1 atom stereocenters. The van der Waals surface area contributed by atoms with Gasteiger partial charge in [0.1, 0.15) is 0 Å². The molecule has 92 valence electrons. The normalized spacial score (nSPS) is 12.4. The molecule has 0 amide bonds. The number of carbonyl (C=O) groups is 1. The Morgan fingerprint density at radius 3 is 2.56 bits per heavy atom. The molecule has 3 nitrogen and oxygen atoms in total. The van der Waals surface area contributed by atoms with Crippen LogP contribution in [0.1, 0.15) is 25.8 Å². The average Bonchev–Trinajstić information content (AvgIpc) is 2.25. The van der Waals surface area contributed by atoms with Crippen LogP contribution in [0, 0.1) is 5.92 Å². The Morgan fingerprint density at radius 1 is 1.44 bits per heavy atom. The zero-order valence-electron chi connectivity index (χ0n) is 10.9. The quantitative estimate of drug-likeness (QED) is 0.507. The summed E-state index contributed by atoms with van der Waals surface area (Å²) in [6, 6.07) is 6.34. The molecular formula is C13H15ClNNaO2. The molecule has 0 aromatic heterocycles. The maximum atomic E-state index is 10.9. The van der Waals surface area contributed by atoms with E-state index in [1.807, 2.05) is 26.0 Å². The van der Waals surface area contributed by atoms with E-state index in [0.29, 0.717) is 17.0 Å². The van der Waals surface area contributed by atoms with Crippen molar-refractivity contribution in [2.75, 3.05) is 0 Å². The average molecular weight is 276 g/mol. The van der Waals surface area contributed by atoms with E-state index < -0.39 is 12.0 Å². The van der Waals surface area contributed by atoms with Gasteiger partial charge in [-0.25, -0.2) is 0 Å². The largest absolute Gasteiger partial charge is 1.00 e. The summed E-state index contributed by atoms with van der Waals surface area (Å²) in [6.45, 7) is 3.89. The predicted molar refractivity (Wildman–Crippen MR) is 67.3 cm³/mol. The monoisotopic (exact) mass is 275 g/mol. The molecule has 1 aromatic carbocycles. The summed E-state index contributed by atoms with van der Waals surface area (Å²) in [7, 11) is 0. The number of nitrogens with zero attached hydrogens (tertiary/aromatic N) is 1. The number of hydrogen-bond acceptors (Lipinski definition) is 3. The smallest absolute Gasteiger partial charge is 0.548 e. The zero-order valence-corrected chi connectivity index (χ0v) is 13.6. The summed E-state index contributed by atoms with van der Waals surface area (Å²) in [5, 5.41) is 11.4. The van der Waals surface area contributed by atoms with Gasteiger partial charge in [0.25, 0.3) is 0 Å². The number of rotatable bonds is 5. The Bertz CT molecular complexity index is 421. The van der Waals surface area contributed by atoms with Crippen molar-refractivity contribution in [2.24, 2.45) is 10.9 Å². The first-order valence-corrected chi connectivity index (χ1v) is 5.87. The van der Waals surface area contributed by atoms with E-state index in [9.17, 15) is 9.90 Å². The van der Waals surface area contributed by atoms with Crippen LogP contribution in [0.2, 0.25) is 5.02 Å². The maximum absolute atomic E-state index is 10.9. The number of carboxylic acids is 1. The van der Waals surface area contributed by atoms with Crippen molar-refractivity contribution in [1.29, 1.82) is 0 Å². The van der Waals surface area contributed by atoms with Crippen LogP contribution in [-0.4, -0.2) is 18.2 Å². The van der Waals surface area contributed by atoms with Gasteiger partial charge in [-0.3, -0.25) is 4.99 Å². The van der Waals surface area contributed by atoms with Crippen molar-refractivity contribution >= 4 is 23.8 Å². The van der Waals surface area contributed by atoms with Gasteiger partial charge in [0, 0.05) is 16.8 Å². The third-order valence-electron chi connectivity index (χ3n) is 2.27. The topological polar surface area (TPSA) is 52.5 Å². The second kappa shape index (κ2) is 8.70. The third kappa shape index (κ3) is 6.01. The molecule has 0 fully saturated rings. The van der Waals surface area contributed by atoms with E-state index >= 15 is 0 Å². The van der Waals surface area contributed by atoms with Gasteiger partial charge >= 0.3 is 29.6 Å².